The van der Waals surface area contributed by atoms with Gasteiger partial charge in [-0.1, -0.05) is 146 Å². The van der Waals surface area contributed by atoms with Crippen molar-refractivity contribution in [3.05, 3.63) is 194 Å². The molecule has 270 valence electrons. The van der Waals surface area contributed by atoms with Crippen LogP contribution in [0, 0.1) is 0 Å². The van der Waals surface area contributed by atoms with E-state index in [-0.39, 0.29) is 0 Å². The van der Waals surface area contributed by atoms with Crippen LogP contribution in [0.4, 0.5) is 0 Å². The van der Waals surface area contributed by atoms with E-state index < -0.39 is 0 Å². The molecule has 0 aliphatic carbocycles. The third kappa shape index (κ3) is 5.07. The number of rotatable bonds is 5. The lowest BCUT2D eigenvalue weighted by Crippen LogP contribution is -2.02. The molecular weight excluding hydrogens is 709 g/mol. The van der Waals surface area contributed by atoms with Gasteiger partial charge in [0.15, 0.2) is 17.5 Å². The van der Waals surface area contributed by atoms with Crippen LogP contribution in [0.2, 0.25) is 0 Å². The third-order valence-corrected chi connectivity index (χ3v) is 11.4. The molecule has 0 amide bonds. The number of hydrogen-bond acceptors (Lipinski definition) is 4. The number of aromatic nitrogens is 4. The molecule has 0 aliphatic heterocycles. The summed E-state index contributed by atoms with van der Waals surface area (Å²) >= 11 is 0. The van der Waals surface area contributed by atoms with E-state index in [1.165, 1.54) is 26.9 Å². The van der Waals surface area contributed by atoms with Gasteiger partial charge in [0.1, 0.15) is 11.2 Å². The Kier molecular flexibility index (Phi) is 7.16. The first-order valence-corrected chi connectivity index (χ1v) is 19.5. The minimum absolute atomic E-state index is 0.600. The lowest BCUT2D eigenvalue weighted by atomic mass is 9.94. The molecule has 0 bridgehead atoms. The maximum absolute atomic E-state index is 6.65. The SMILES string of the molecule is c1ccc(-c2nc(-c3ccccc3)nc(-c3ccc(-n4c5ccccc5c5cc6ccccc6cc54)c(-c4cccc5oc6ccc7ccccc7c6c45)c3)n2)cc1. The summed E-state index contributed by atoms with van der Waals surface area (Å²) < 4.78 is 9.07. The van der Waals surface area contributed by atoms with Gasteiger partial charge in [-0.2, -0.15) is 0 Å². The molecule has 0 aliphatic rings. The zero-order valence-corrected chi connectivity index (χ0v) is 31.2. The van der Waals surface area contributed by atoms with E-state index in [4.69, 9.17) is 19.4 Å². The highest BCUT2D eigenvalue weighted by molar-refractivity contribution is 6.23. The molecule has 58 heavy (non-hydrogen) atoms. The molecule has 12 aromatic rings. The van der Waals surface area contributed by atoms with Gasteiger partial charge in [0.2, 0.25) is 0 Å². The van der Waals surface area contributed by atoms with Gasteiger partial charge < -0.3 is 8.98 Å². The summed E-state index contributed by atoms with van der Waals surface area (Å²) in [6, 6.07) is 68.1. The summed E-state index contributed by atoms with van der Waals surface area (Å²) in [5.41, 5.74) is 9.87. The van der Waals surface area contributed by atoms with Crippen molar-refractivity contribution in [3.8, 4) is 51.0 Å². The molecule has 3 heterocycles. The molecule has 0 spiro atoms. The van der Waals surface area contributed by atoms with Crippen LogP contribution in [0.15, 0.2) is 199 Å². The molecule has 0 radical (unpaired) electrons. The maximum Gasteiger partial charge on any atom is 0.164 e. The van der Waals surface area contributed by atoms with Gasteiger partial charge in [-0.15, -0.1) is 0 Å². The maximum atomic E-state index is 6.65. The fourth-order valence-electron chi connectivity index (χ4n) is 8.75. The average molecular weight is 741 g/mol. The smallest absolute Gasteiger partial charge is 0.164 e. The average Bonchev–Trinajstić information content (AvgIpc) is 3.84. The summed E-state index contributed by atoms with van der Waals surface area (Å²) in [5, 5.41) is 9.32. The highest BCUT2D eigenvalue weighted by Gasteiger charge is 2.22. The predicted molar refractivity (Wildman–Crippen MR) is 238 cm³/mol. The fraction of sp³-hybridized carbons (Fsp3) is 0. The van der Waals surface area contributed by atoms with Crippen molar-refractivity contribution < 1.29 is 4.42 Å². The zero-order valence-electron chi connectivity index (χ0n) is 31.2. The largest absolute Gasteiger partial charge is 0.456 e. The minimum Gasteiger partial charge on any atom is -0.456 e. The van der Waals surface area contributed by atoms with E-state index in [1.807, 2.05) is 60.7 Å². The molecule has 0 saturated heterocycles. The van der Waals surface area contributed by atoms with Gasteiger partial charge in [0.25, 0.3) is 0 Å². The Morgan fingerprint density at radius 1 is 0.345 bits per heavy atom. The number of para-hydroxylation sites is 1. The van der Waals surface area contributed by atoms with Crippen LogP contribution >= 0.6 is 0 Å². The van der Waals surface area contributed by atoms with Gasteiger partial charge in [-0.05, 0) is 75.6 Å². The van der Waals surface area contributed by atoms with Crippen molar-refractivity contribution >= 4 is 65.3 Å². The molecule has 5 heteroatoms. The zero-order chi connectivity index (χ0) is 38.2. The van der Waals surface area contributed by atoms with Crippen molar-refractivity contribution in [2.75, 3.05) is 0 Å². The molecule has 3 aromatic heterocycles. The molecule has 0 fully saturated rings. The molecule has 0 atom stereocenters. The normalized spacial score (nSPS) is 11.8. The molecule has 9 aromatic carbocycles. The summed E-state index contributed by atoms with van der Waals surface area (Å²) in [6.07, 6.45) is 0. The van der Waals surface area contributed by atoms with Crippen molar-refractivity contribution in [1.29, 1.82) is 0 Å². The highest BCUT2D eigenvalue weighted by atomic mass is 16.3. The van der Waals surface area contributed by atoms with E-state index in [0.717, 1.165) is 71.9 Å². The van der Waals surface area contributed by atoms with Crippen LogP contribution in [0.1, 0.15) is 0 Å². The third-order valence-electron chi connectivity index (χ3n) is 11.4. The highest BCUT2D eigenvalue weighted by Crippen LogP contribution is 2.45. The predicted octanol–water partition coefficient (Wildman–Crippen LogP) is 13.8. The second-order valence-corrected chi connectivity index (χ2v) is 14.8. The number of nitrogens with zero attached hydrogens (tertiary/aromatic N) is 4. The van der Waals surface area contributed by atoms with Crippen LogP contribution in [-0.2, 0) is 0 Å². The van der Waals surface area contributed by atoms with Crippen molar-refractivity contribution in [3.63, 3.8) is 0 Å². The molecular formula is C53H32N4O. The van der Waals surface area contributed by atoms with Gasteiger partial charge in [0, 0.05) is 43.8 Å². The van der Waals surface area contributed by atoms with Crippen molar-refractivity contribution in [1.82, 2.24) is 19.5 Å². The Morgan fingerprint density at radius 2 is 0.948 bits per heavy atom. The number of hydrogen-bond donors (Lipinski definition) is 0. The summed E-state index contributed by atoms with van der Waals surface area (Å²) in [5.74, 6) is 1.85. The summed E-state index contributed by atoms with van der Waals surface area (Å²) in [7, 11) is 0. The number of fused-ring (bicyclic) bond motifs is 9. The minimum atomic E-state index is 0.600. The van der Waals surface area contributed by atoms with E-state index in [2.05, 4.69) is 138 Å². The second kappa shape index (κ2) is 12.8. The first-order valence-electron chi connectivity index (χ1n) is 19.5. The van der Waals surface area contributed by atoms with Crippen LogP contribution < -0.4 is 0 Å². The molecule has 0 saturated carbocycles. The van der Waals surface area contributed by atoms with Gasteiger partial charge >= 0.3 is 0 Å². The lowest BCUT2D eigenvalue weighted by molar-refractivity contribution is 0.669. The van der Waals surface area contributed by atoms with Gasteiger partial charge in [-0.25, -0.2) is 15.0 Å². The molecule has 0 N–H and O–H groups in total. The van der Waals surface area contributed by atoms with Crippen LogP contribution in [-0.4, -0.2) is 19.5 Å². The lowest BCUT2D eigenvalue weighted by Gasteiger charge is -2.17. The molecule has 5 nitrogen and oxygen atoms in total. The monoisotopic (exact) mass is 740 g/mol. The van der Waals surface area contributed by atoms with E-state index in [0.29, 0.717) is 17.5 Å². The second-order valence-electron chi connectivity index (χ2n) is 14.8. The topological polar surface area (TPSA) is 56.7 Å². The van der Waals surface area contributed by atoms with Crippen molar-refractivity contribution in [2.45, 2.75) is 0 Å². The summed E-state index contributed by atoms with van der Waals surface area (Å²) in [4.78, 5) is 15.3. The fourth-order valence-corrected chi connectivity index (χ4v) is 8.75. The van der Waals surface area contributed by atoms with Crippen LogP contribution in [0.25, 0.3) is 116 Å². The Morgan fingerprint density at radius 3 is 1.69 bits per heavy atom. The molecule has 12 rings (SSSR count). The quantitative estimate of drug-likeness (QED) is 0.176. The summed E-state index contributed by atoms with van der Waals surface area (Å²) in [6.45, 7) is 0. The Labute approximate surface area is 333 Å². The number of benzene rings is 9. The number of furan rings is 1. The Hall–Kier alpha value is -7.89. The van der Waals surface area contributed by atoms with Gasteiger partial charge in [-0.3, -0.25) is 0 Å². The van der Waals surface area contributed by atoms with E-state index >= 15 is 0 Å². The first-order chi connectivity index (χ1) is 28.7. The standard InChI is InChI=1S/C53H32N4O/c1-3-15-34(16-4-1)51-54-52(35-17-5-2-6-18-35)56-53(55-51)38-26-28-45(57-44-24-12-11-22-40(44)42-30-36-19-7-8-20-37(36)32-46(42)57)43(31-38)41-23-13-25-47-50(41)49-39-21-10-9-14-33(39)27-29-48(49)58-47/h1-32H. The Bertz CT molecular complexity index is 3510. The molecule has 0 unspecified atom stereocenters. The van der Waals surface area contributed by atoms with E-state index in [9.17, 15) is 0 Å². The van der Waals surface area contributed by atoms with E-state index in [1.54, 1.807) is 0 Å². The van der Waals surface area contributed by atoms with Gasteiger partial charge in [0.05, 0.1) is 16.7 Å². The first kappa shape index (κ1) is 32.4. The van der Waals surface area contributed by atoms with Crippen LogP contribution in [0.5, 0.6) is 0 Å². The van der Waals surface area contributed by atoms with Crippen molar-refractivity contribution in [2.24, 2.45) is 0 Å². The van der Waals surface area contributed by atoms with Crippen LogP contribution in [0.3, 0.4) is 0 Å². The Balaban J connectivity index is 1.20.